The molecular formula is C24H33NO10. The van der Waals surface area contributed by atoms with E-state index in [2.05, 4.69) is 5.16 Å². The van der Waals surface area contributed by atoms with Crippen molar-refractivity contribution in [3.8, 4) is 17.2 Å². The third-order valence-electron chi connectivity index (χ3n) is 6.34. The first kappa shape index (κ1) is 24.5. The Kier molecular flexibility index (Phi) is 6.35. The highest BCUT2D eigenvalue weighted by molar-refractivity contribution is 6.02. The minimum absolute atomic E-state index is 0.205. The summed E-state index contributed by atoms with van der Waals surface area (Å²) in [6.45, 7) is 7.65. The molecule has 194 valence electrons. The van der Waals surface area contributed by atoms with Crippen molar-refractivity contribution in [3.05, 3.63) is 17.7 Å². The maximum Gasteiger partial charge on any atom is 0.232 e. The molecule has 0 aliphatic carbocycles. The van der Waals surface area contributed by atoms with Gasteiger partial charge in [0, 0.05) is 5.56 Å². The molecule has 0 saturated carbocycles. The van der Waals surface area contributed by atoms with Gasteiger partial charge in [0.2, 0.25) is 12.0 Å². The highest BCUT2D eigenvalue weighted by Gasteiger charge is 2.60. The van der Waals surface area contributed by atoms with E-state index in [9.17, 15) is 0 Å². The van der Waals surface area contributed by atoms with E-state index in [0.29, 0.717) is 29.4 Å². The van der Waals surface area contributed by atoms with Crippen molar-refractivity contribution >= 4 is 5.71 Å². The number of rotatable bonds is 7. The van der Waals surface area contributed by atoms with E-state index >= 15 is 0 Å². The van der Waals surface area contributed by atoms with E-state index in [1.807, 2.05) is 39.8 Å². The van der Waals surface area contributed by atoms with Crippen LogP contribution in [-0.2, 0) is 33.3 Å². The van der Waals surface area contributed by atoms with Gasteiger partial charge in [-0.15, -0.1) is 0 Å². The molecule has 0 N–H and O–H groups in total. The summed E-state index contributed by atoms with van der Waals surface area (Å²) in [6, 6.07) is 3.65. The van der Waals surface area contributed by atoms with E-state index in [1.54, 1.807) is 21.3 Å². The summed E-state index contributed by atoms with van der Waals surface area (Å²) in [5.41, 5.74) is 1.49. The molecule has 4 aliphatic heterocycles. The molecule has 4 heterocycles. The van der Waals surface area contributed by atoms with Gasteiger partial charge in [0.05, 0.1) is 40.1 Å². The molecule has 1 aromatic rings. The summed E-state index contributed by atoms with van der Waals surface area (Å²) in [5.74, 6) is 0.0370. The molecule has 6 atom stereocenters. The van der Waals surface area contributed by atoms with Gasteiger partial charge in [0.15, 0.2) is 29.4 Å². The number of methoxy groups -OCH3 is 3. The van der Waals surface area contributed by atoms with E-state index in [0.717, 1.165) is 5.56 Å². The molecule has 3 saturated heterocycles. The van der Waals surface area contributed by atoms with Gasteiger partial charge in [-0.1, -0.05) is 5.16 Å². The fraction of sp³-hybridized carbons (Fsp3) is 0.708. The Bertz CT molecular complexity index is 954. The van der Waals surface area contributed by atoms with Crippen molar-refractivity contribution in [2.75, 3.05) is 27.9 Å². The molecular weight excluding hydrogens is 462 g/mol. The number of oxime groups is 1. The van der Waals surface area contributed by atoms with Crippen LogP contribution in [0.5, 0.6) is 17.2 Å². The molecule has 11 nitrogen and oxygen atoms in total. The van der Waals surface area contributed by atoms with Crippen molar-refractivity contribution < 1.29 is 47.5 Å². The van der Waals surface area contributed by atoms with Crippen LogP contribution in [0.15, 0.2) is 17.3 Å². The monoisotopic (exact) mass is 495 g/mol. The molecule has 0 spiro atoms. The zero-order chi connectivity index (χ0) is 25.0. The Morgan fingerprint density at radius 2 is 1.49 bits per heavy atom. The van der Waals surface area contributed by atoms with Gasteiger partial charge in [0.25, 0.3) is 0 Å². The van der Waals surface area contributed by atoms with Gasteiger partial charge in [-0.3, -0.25) is 0 Å². The number of fused-ring (bicyclic) bond motifs is 3. The molecule has 11 heteroatoms. The maximum atomic E-state index is 6.19. The second kappa shape index (κ2) is 9.06. The predicted molar refractivity (Wildman–Crippen MR) is 121 cm³/mol. The topological polar surface area (TPSA) is 105 Å². The Balaban J connectivity index is 1.24. The lowest BCUT2D eigenvalue weighted by Crippen LogP contribution is -2.56. The van der Waals surface area contributed by atoms with Crippen molar-refractivity contribution in [2.24, 2.45) is 5.16 Å². The van der Waals surface area contributed by atoms with Crippen LogP contribution in [0.3, 0.4) is 0 Å². The molecule has 1 unspecified atom stereocenters. The summed E-state index contributed by atoms with van der Waals surface area (Å²) in [7, 11) is 4.70. The van der Waals surface area contributed by atoms with Crippen LogP contribution in [0, 0.1) is 0 Å². The molecule has 0 aromatic heterocycles. The lowest BCUT2D eigenvalue weighted by Gasteiger charge is -2.37. The zero-order valence-electron chi connectivity index (χ0n) is 21.1. The second-order valence-corrected chi connectivity index (χ2v) is 9.73. The fourth-order valence-corrected chi connectivity index (χ4v) is 4.89. The molecule has 35 heavy (non-hydrogen) atoms. The van der Waals surface area contributed by atoms with Gasteiger partial charge in [-0.25, -0.2) is 0 Å². The normalized spacial score (nSPS) is 34.5. The van der Waals surface area contributed by atoms with Crippen LogP contribution in [0.1, 0.15) is 39.7 Å². The van der Waals surface area contributed by atoms with Crippen LogP contribution in [0.25, 0.3) is 0 Å². The number of benzene rings is 1. The average Bonchev–Trinajstić information content (AvgIpc) is 3.50. The fourth-order valence-electron chi connectivity index (χ4n) is 4.89. The summed E-state index contributed by atoms with van der Waals surface area (Å²) >= 11 is 0. The van der Waals surface area contributed by atoms with Gasteiger partial charge in [0.1, 0.15) is 24.4 Å². The van der Waals surface area contributed by atoms with Gasteiger partial charge in [-0.05, 0) is 39.8 Å². The van der Waals surface area contributed by atoms with E-state index in [4.69, 9.17) is 47.5 Å². The SMILES string of the molecule is COc1cc(C2=NO[C@@H](OC[C@H]3O[C@@H]4OC(C)(C)O[C@@H]4C4OC(C)(C)O[C@H]43)C2)cc(OC)c1OC. The molecule has 4 aliphatic rings. The Hall–Kier alpha value is -2.15. The van der Waals surface area contributed by atoms with Gasteiger partial charge >= 0.3 is 0 Å². The first-order valence-corrected chi connectivity index (χ1v) is 11.6. The highest BCUT2D eigenvalue weighted by Crippen LogP contribution is 2.44. The zero-order valence-corrected chi connectivity index (χ0v) is 21.1. The summed E-state index contributed by atoms with van der Waals surface area (Å²) in [4.78, 5) is 5.56. The molecule has 0 amide bonds. The van der Waals surface area contributed by atoms with Crippen molar-refractivity contribution in [1.29, 1.82) is 0 Å². The van der Waals surface area contributed by atoms with Crippen LogP contribution in [-0.4, -0.2) is 82.2 Å². The minimum Gasteiger partial charge on any atom is -0.493 e. The Morgan fingerprint density at radius 1 is 0.857 bits per heavy atom. The standard InChI is InChI=1S/C24H33NO10/c1-23(2)31-19-16(30-22-21(20(19)32-23)33-24(3,4)34-22)11-29-17-10-13(25-35-17)12-8-14(26-5)18(28-7)15(9-12)27-6/h8-9,16-17,19-22H,10-11H2,1-7H3/t16-,17-,19+,20?,21-,22-/m1/s1. The summed E-state index contributed by atoms with van der Waals surface area (Å²) < 4.78 is 52.8. The quantitative estimate of drug-likeness (QED) is 0.560. The molecule has 0 radical (unpaired) electrons. The molecule has 3 fully saturated rings. The third kappa shape index (κ3) is 4.68. The number of hydrogen-bond donors (Lipinski definition) is 0. The number of ether oxygens (including phenoxy) is 9. The minimum atomic E-state index is -0.774. The van der Waals surface area contributed by atoms with Crippen molar-refractivity contribution in [2.45, 2.75) is 82.7 Å². The Morgan fingerprint density at radius 3 is 2.14 bits per heavy atom. The van der Waals surface area contributed by atoms with Crippen LogP contribution >= 0.6 is 0 Å². The summed E-state index contributed by atoms with van der Waals surface area (Å²) in [5, 5.41) is 4.22. The lowest BCUT2D eigenvalue weighted by atomic mass is 9.99. The lowest BCUT2D eigenvalue weighted by molar-refractivity contribution is -0.254. The first-order chi connectivity index (χ1) is 16.6. The first-order valence-electron chi connectivity index (χ1n) is 11.6. The number of hydrogen-bond acceptors (Lipinski definition) is 11. The molecule has 1 aromatic carbocycles. The van der Waals surface area contributed by atoms with Crippen LogP contribution < -0.4 is 14.2 Å². The smallest absolute Gasteiger partial charge is 0.232 e. The van der Waals surface area contributed by atoms with E-state index in [1.165, 1.54) is 0 Å². The van der Waals surface area contributed by atoms with Crippen LogP contribution in [0.4, 0.5) is 0 Å². The van der Waals surface area contributed by atoms with Crippen molar-refractivity contribution in [1.82, 2.24) is 0 Å². The maximum absolute atomic E-state index is 6.19. The highest BCUT2D eigenvalue weighted by atomic mass is 16.9. The molecule has 0 bridgehead atoms. The summed E-state index contributed by atoms with van der Waals surface area (Å²) in [6.07, 6.45) is -2.26. The number of nitrogens with zero attached hydrogens (tertiary/aromatic N) is 1. The van der Waals surface area contributed by atoms with E-state index in [-0.39, 0.29) is 24.9 Å². The van der Waals surface area contributed by atoms with Crippen LogP contribution in [0.2, 0.25) is 0 Å². The predicted octanol–water partition coefficient (Wildman–Crippen LogP) is 2.58. The largest absolute Gasteiger partial charge is 0.493 e. The second-order valence-electron chi connectivity index (χ2n) is 9.73. The van der Waals surface area contributed by atoms with E-state index < -0.39 is 30.3 Å². The van der Waals surface area contributed by atoms with Crippen molar-refractivity contribution in [3.63, 3.8) is 0 Å². The third-order valence-corrected chi connectivity index (χ3v) is 6.34. The van der Waals surface area contributed by atoms with Gasteiger partial charge < -0.3 is 47.5 Å². The van der Waals surface area contributed by atoms with Gasteiger partial charge in [-0.2, -0.15) is 0 Å². The Labute approximate surface area is 204 Å². The molecule has 5 rings (SSSR count). The average molecular weight is 496 g/mol.